The lowest BCUT2D eigenvalue weighted by Crippen LogP contribution is -2.23. The molecular weight excluding hydrogens is 354 g/mol. The first kappa shape index (κ1) is 18.1. The van der Waals surface area contributed by atoms with Crippen LogP contribution in [0.15, 0.2) is 57.9 Å². The zero-order valence-electron chi connectivity index (χ0n) is 14.5. The van der Waals surface area contributed by atoms with E-state index in [-0.39, 0.29) is 11.4 Å². The molecule has 0 aliphatic rings. The van der Waals surface area contributed by atoms with Crippen LogP contribution >= 0.6 is 0 Å². The molecule has 1 N–H and O–H groups in total. The van der Waals surface area contributed by atoms with Crippen molar-refractivity contribution in [1.82, 2.24) is 14.9 Å². The van der Waals surface area contributed by atoms with Crippen LogP contribution in [0.25, 0.3) is 11.4 Å². The van der Waals surface area contributed by atoms with Crippen molar-refractivity contribution in [3.63, 3.8) is 0 Å². The first-order valence-corrected chi connectivity index (χ1v) is 9.58. The predicted octanol–water partition coefficient (Wildman–Crippen LogP) is 2.92. The predicted molar refractivity (Wildman–Crippen MR) is 96.1 cm³/mol. The Morgan fingerprint density at radius 3 is 2.58 bits per heavy atom. The molecule has 0 saturated heterocycles. The average Bonchev–Trinajstić information content (AvgIpc) is 3.08. The summed E-state index contributed by atoms with van der Waals surface area (Å²) in [4.78, 5) is 4.26. The molecular formula is C18H19N3O4S. The van der Waals surface area contributed by atoms with Crippen molar-refractivity contribution in [3.8, 4) is 17.1 Å². The SMILES string of the molecule is CCOc1ccc(CNS(=O)(=O)c2cccc(-c3noc(C)n3)c2)cc1. The summed E-state index contributed by atoms with van der Waals surface area (Å²) in [5.41, 5.74) is 1.41. The van der Waals surface area contributed by atoms with Gasteiger partial charge in [-0.2, -0.15) is 4.98 Å². The fourth-order valence-electron chi connectivity index (χ4n) is 2.35. The maximum absolute atomic E-state index is 12.6. The van der Waals surface area contributed by atoms with Crippen molar-refractivity contribution in [2.75, 3.05) is 6.61 Å². The number of aromatic nitrogens is 2. The highest BCUT2D eigenvalue weighted by Gasteiger charge is 2.16. The second-order valence-corrected chi connectivity index (χ2v) is 7.33. The molecule has 3 rings (SSSR count). The highest BCUT2D eigenvalue weighted by Crippen LogP contribution is 2.20. The van der Waals surface area contributed by atoms with E-state index in [4.69, 9.17) is 9.26 Å². The Bertz CT molecular complexity index is 982. The maximum atomic E-state index is 12.6. The molecule has 0 saturated carbocycles. The van der Waals surface area contributed by atoms with Gasteiger partial charge in [0.1, 0.15) is 5.75 Å². The third-order valence-corrected chi connectivity index (χ3v) is 5.03. The summed E-state index contributed by atoms with van der Waals surface area (Å²) < 4.78 is 38.0. The minimum atomic E-state index is -3.67. The summed E-state index contributed by atoms with van der Waals surface area (Å²) >= 11 is 0. The standard InChI is InChI=1S/C18H19N3O4S/c1-3-24-16-9-7-14(8-10-16)12-19-26(22,23)17-6-4-5-15(11-17)18-20-13(2)25-21-18/h4-11,19H,3,12H2,1-2H3. The lowest BCUT2D eigenvalue weighted by Gasteiger charge is -2.08. The van der Waals surface area contributed by atoms with Gasteiger partial charge in [0.15, 0.2) is 0 Å². The molecule has 7 nitrogen and oxygen atoms in total. The van der Waals surface area contributed by atoms with Crippen LogP contribution < -0.4 is 9.46 Å². The molecule has 1 heterocycles. The van der Waals surface area contributed by atoms with Crippen molar-refractivity contribution >= 4 is 10.0 Å². The summed E-state index contributed by atoms with van der Waals surface area (Å²) in [6.07, 6.45) is 0. The fourth-order valence-corrected chi connectivity index (χ4v) is 3.41. The van der Waals surface area contributed by atoms with E-state index in [0.717, 1.165) is 11.3 Å². The molecule has 1 aromatic heterocycles. The van der Waals surface area contributed by atoms with E-state index >= 15 is 0 Å². The van der Waals surface area contributed by atoms with Crippen molar-refractivity contribution in [2.45, 2.75) is 25.3 Å². The second kappa shape index (κ2) is 7.67. The van der Waals surface area contributed by atoms with Crippen LogP contribution in [0.1, 0.15) is 18.4 Å². The first-order valence-electron chi connectivity index (χ1n) is 8.10. The number of aryl methyl sites for hydroxylation is 1. The molecule has 8 heteroatoms. The highest BCUT2D eigenvalue weighted by atomic mass is 32.2. The van der Waals surface area contributed by atoms with Gasteiger partial charge in [-0.3, -0.25) is 0 Å². The molecule has 0 spiro atoms. The molecule has 3 aromatic rings. The summed E-state index contributed by atoms with van der Waals surface area (Å²) in [6.45, 7) is 4.35. The third-order valence-electron chi connectivity index (χ3n) is 3.63. The van der Waals surface area contributed by atoms with Gasteiger partial charge in [-0.25, -0.2) is 13.1 Å². The van der Waals surface area contributed by atoms with Crippen LogP contribution in [-0.2, 0) is 16.6 Å². The van der Waals surface area contributed by atoms with Crippen LogP contribution in [0.5, 0.6) is 5.75 Å². The Balaban J connectivity index is 1.73. The molecule has 0 bridgehead atoms. The highest BCUT2D eigenvalue weighted by molar-refractivity contribution is 7.89. The molecule has 0 radical (unpaired) electrons. The number of ether oxygens (including phenoxy) is 1. The smallest absolute Gasteiger partial charge is 0.240 e. The Labute approximate surface area is 152 Å². The van der Waals surface area contributed by atoms with Crippen LogP contribution in [0, 0.1) is 6.92 Å². The summed E-state index contributed by atoms with van der Waals surface area (Å²) in [6, 6.07) is 13.7. The molecule has 0 amide bonds. The molecule has 2 aromatic carbocycles. The molecule has 26 heavy (non-hydrogen) atoms. The Morgan fingerprint density at radius 2 is 1.92 bits per heavy atom. The van der Waals surface area contributed by atoms with Crippen LogP contribution in [0.4, 0.5) is 0 Å². The van der Waals surface area contributed by atoms with Crippen LogP contribution in [0.3, 0.4) is 0 Å². The number of hydrogen-bond acceptors (Lipinski definition) is 6. The topological polar surface area (TPSA) is 94.3 Å². The normalized spacial score (nSPS) is 11.5. The largest absolute Gasteiger partial charge is 0.494 e. The lowest BCUT2D eigenvalue weighted by atomic mass is 10.2. The molecule has 0 unspecified atom stereocenters. The lowest BCUT2D eigenvalue weighted by molar-refractivity contribution is 0.340. The summed E-state index contributed by atoms with van der Waals surface area (Å²) in [5, 5.41) is 3.81. The van der Waals surface area contributed by atoms with Crippen molar-refractivity contribution in [3.05, 3.63) is 60.0 Å². The van der Waals surface area contributed by atoms with Gasteiger partial charge < -0.3 is 9.26 Å². The minimum Gasteiger partial charge on any atom is -0.494 e. The van der Waals surface area contributed by atoms with E-state index in [9.17, 15) is 8.42 Å². The van der Waals surface area contributed by atoms with E-state index in [1.165, 1.54) is 12.1 Å². The average molecular weight is 373 g/mol. The Kier molecular flexibility index (Phi) is 5.34. The van der Waals surface area contributed by atoms with E-state index < -0.39 is 10.0 Å². The van der Waals surface area contributed by atoms with Crippen LogP contribution in [0.2, 0.25) is 0 Å². The molecule has 0 aliphatic carbocycles. The van der Waals surface area contributed by atoms with Gasteiger partial charge in [0.05, 0.1) is 11.5 Å². The van der Waals surface area contributed by atoms with E-state index in [2.05, 4.69) is 14.9 Å². The van der Waals surface area contributed by atoms with Crippen molar-refractivity contribution < 1.29 is 17.7 Å². The second-order valence-electron chi connectivity index (χ2n) is 5.57. The Hall–Kier alpha value is -2.71. The van der Waals surface area contributed by atoms with E-state index in [1.54, 1.807) is 19.1 Å². The molecule has 0 atom stereocenters. The monoisotopic (exact) mass is 373 g/mol. The summed E-state index contributed by atoms with van der Waals surface area (Å²) in [7, 11) is -3.67. The molecule has 0 aliphatic heterocycles. The molecule has 0 fully saturated rings. The fraction of sp³-hybridized carbons (Fsp3) is 0.222. The van der Waals surface area contributed by atoms with Gasteiger partial charge >= 0.3 is 0 Å². The van der Waals surface area contributed by atoms with Gasteiger partial charge in [-0.1, -0.05) is 29.4 Å². The quantitative estimate of drug-likeness (QED) is 0.684. The van der Waals surface area contributed by atoms with Gasteiger partial charge in [-0.15, -0.1) is 0 Å². The van der Waals surface area contributed by atoms with Crippen LogP contribution in [-0.4, -0.2) is 25.2 Å². The Morgan fingerprint density at radius 1 is 1.15 bits per heavy atom. The number of sulfonamides is 1. The minimum absolute atomic E-state index is 0.142. The van der Waals surface area contributed by atoms with E-state index in [0.29, 0.717) is 23.9 Å². The number of rotatable bonds is 7. The molecule has 136 valence electrons. The van der Waals surface area contributed by atoms with Crippen molar-refractivity contribution in [2.24, 2.45) is 0 Å². The number of nitrogens with one attached hydrogen (secondary N) is 1. The van der Waals surface area contributed by atoms with Gasteiger partial charge in [0.25, 0.3) is 0 Å². The number of benzene rings is 2. The number of hydrogen-bond donors (Lipinski definition) is 1. The first-order chi connectivity index (χ1) is 12.5. The third kappa shape index (κ3) is 4.27. The van der Waals surface area contributed by atoms with Gasteiger partial charge in [0, 0.05) is 19.0 Å². The maximum Gasteiger partial charge on any atom is 0.240 e. The van der Waals surface area contributed by atoms with Crippen molar-refractivity contribution in [1.29, 1.82) is 0 Å². The van der Waals surface area contributed by atoms with E-state index in [1.807, 2.05) is 31.2 Å². The van der Waals surface area contributed by atoms with Gasteiger partial charge in [0.2, 0.25) is 21.7 Å². The number of nitrogens with zero attached hydrogens (tertiary/aromatic N) is 2. The zero-order chi connectivity index (χ0) is 18.6. The van der Waals surface area contributed by atoms with Gasteiger partial charge in [-0.05, 0) is 36.8 Å². The zero-order valence-corrected chi connectivity index (χ0v) is 15.3. The summed E-state index contributed by atoms with van der Waals surface area (Å²) in [5.74, 6) is 1.52.